The summed E-state index contributed by atoms with van der Waals surface area (Å²) >= 11 is 3.34. The molecule has 0 fully saturated rings. The van der Waals surface area contributed by atoms with Gasteiger partial charge in [-0.1, -0.05) is 0 Å². The predicted octanol–water partition coefficient (Wildman–Crippen LogP) is 3.91. The average Bonchev–Trinajstić information content (AvgIpc) is 2.30. The van der Waals surface area contributed by atoms with Gasteiger partial charge in [0.15, 0.2) is 0 Å². The number of halogens is 2. The number of nitrogens with one attached hydrogen (secondary N) is 2. The van der Waals surface area contributed by atoms with Crippen LogP contribution in [0.5, 0.6) is 0 Å². The highest BCUT2D eigenvalue weighted by Crippen LogP contribution is 2.22. The largest absolute Gasteiger partial charge is 0.444 e. The molecule has 0 radical (unpaired) electrons. The van der Waals surface area contributed by atoms with Crippen molar-refractivity contribution in [3.8, 4) is 0 Å². The molecule has 2 N–H and O–H groups in total. The molecule has 0 heterocycles. The van der Waals surface area contributed by atoms with Gasteiger partial charge in [-0.15, -0.1) is 0 Å². The molecule has 4 nitrogen and oxygen atoms in total. The molecule has 1 amide bonds. The predicted molar refractivity (Wildman–Crippen MR) is 81.4 cm³/mol. The Kier molecular flexibility index (Phi) is 6.26. The van der Waals surface area contributed by atoms with Crippen molar-refractivity contribution in [2.45, 2.75) is 32.8 Å². The van der Waals surface area contributed by atoms with Gasteiger partial charge in [0.1, 0.15) is 11.4 Å². The van der Waals surface area contributed by atoms with Gasteiger partial charge < -0.3 is 15.4 Å². The van der Waals surface area contributed by atoms with E-state index in [4.69, 9.17) is 4.74 Å². The average molecular weight is 347 g/mol. The molecule has 0 spiro atoms. The molecule has 0 atom stereocenters. The van der Waals surface area contributed by atoms with E-state index >= 15 is 0 Å². The summed E-state index contributed by atoms with van der Waals surface area (Å²) in [6.45, 7) is 6.56. The molecular formula is C14H20BrFN2O2. The van der Waals surface area contributed by atoms with Crippen molar-refractivity contribution < 1.29 is 13.9 Å². The molecule has 20 heavy (non-hydrogen) atoms. The Morgan fingerprint density at radius 1 is 1.35 bits per heavy atom. The molecule has 0 aliphatic carbocycles. The Bertz CT molecular complexity index is 461. The topological polar surface area (TPSA) is 50.4 Å². The first-order valence-electron chi connectivity index (χ1n) is 6.44. The molecule has 112 valence electrons. The highest BCUT2D eigenvalue weighted by Gasteiger charge is 2.15. The number of amides is 1. The van der Waals surface area contributed by atoms with E-state index in [-0.39, 0.29) is 5.82 Å². The van der Waals surface area contributed by atoms with Gasteiger partial charge in [0, 0.05) is 17.6 Å². The van der Waals surface area contributed by atoms with Crippen LogP contribution < -0.4 is 10.6 Å². The van der Waals surface area contributed by atoms with E-state index in [0.717, 1.165) is 4.47 Å². The summed E-state index contributed by atoms with van der Waals surface area (Å²) in [5.41, 5.74) is 0.205. The Labute approximate surface area is 127 Å². The van der Waals surface area contributed by atoms with Crippen LogP contribution in [0, 0.1) is 5.82 Å². The van der Waals surface area contributed by atoms with Gasteiger partial charge in [-0.05, 0) is 61.3 Å². The van der Waals surface area contributed by atoms with Gasteiger partial charge in [0.2, 0.25) is 0 Å². The first-order valence-corrected chi connectivity index (χ1v) is 7.23. The summed E-state index contributed by atoms with van der Waals surface area (Å²) in [4.78, 5) is 11.4. The van der Waals surface area contributed by atoms with Crippen LogP contribution >= 0.6 is 15.9 Å². The second-order valence-electron chi connectivity index (χ2n) is 5.33. The normalized spacial score (nSPS) is 11.1. The van der Waals surface area contributed by atoms with E-state index in [0.29, 0.717) is 25.2 Å². The zero-order valence-electron chi connectivity index (χ0n) is 11.9. The number of carbonyl (C=O) groups excluding carboxylic acids is 1. The standard InChI is InChI=1S/C14H20BrFN2O2/c1-14(2,3)20-13(19)18-8-4-7-17-12-9-10(16)5-6-11(12)15/h5-6,9,17H,4,7-8H2,1-3H3,(H,18,19). The summed E-state index contributed by atoms with van der Waals surface area (Å²) < 4.78 is 19.0. The van der Waals surface area contributed by atoms with Crippen molar-refractivity contribution in [3.05, 3.63) is 28.5 Å². The summed E-state index contributed by atoms with van der Waals surface area (Å²) in [6.07, 6.45) is 0.284. The second-order valence-corrected chi connectivity index (χ2v) is 6.19. The van der Waals surface area contributed by atoms with Crippen LogP contribution in [0.15, 0.2) is 22.7 Å². The maximum absolute atomic E-state index is 13.1. The molecule has 1 rings (SSSR count). The summed E-state index contributed by atoms with van der Waals surface area (Å²) in [7, 11) is 0. The number of ether oxygens (including phenoxy) is 1. The van der Waals surface area contributed by atoms with Gasteiger partial charge in [0.25, 0.3) is 0 Å². The Balaban J connectivity index is 2.22. The molecular weight excluding hydrogens is 327 g/mol. The fourth-order valence-corrected chi connectivity index (χ4v) is 1.84. The van der Waals surface area contributed by atoms with Crippen LogP contribution in [-0.2, 0) is 4.74 Å². The van der Waals surface area contributed by atoms with Gasteiger partial charge in [-0.2, -0.15) is 0 Å². The van der Waals surface area contributed by atoms with Crippen LogP contribution in [0.4, 0.5) is 14.9 Å². The lowest BCUT2D eigenvalue weighted by atomic mass is 10.2. The second kappa shape index (κ2) is 7.47. The van der Waals surface area contributed by atoms with Gasteiger partial charge in [-0.25, -0.2) is 9.18 Å². The third-order valence-electron chi connectivity index (χ3n) is 2.27. The number of hydrogen-bond acceptors (Lipinski definition) is 3. The summed E-state index contributed by atoms with van der Waals surface area (Å²) in [5, 5.41) is 5.76. The Hall–Kier alpha value is -1.30. The maximum Gasteiger partial charge on any atom is 0.407 e. The minimum atomic E-state index is -0.491. The smallest absolute Gasteiger partial charge is 0.407 e. The lowest BCUT2D eigenvalue weighted by Crippen LogP contribution is -2.33. The number of hydrogen-bond donors (Lipinski definition) is 2. The highest BCUT2D eigenvalue weighted by atomic mass is 79.9. The van der Waals surface area contributed by atoms with E-state index in [9.17, 15) is 9.18 Å². The van der Waals surface area contributed by atoms with Gasteiger partial charge in [0.05, 0.1) is 5.69 Å². The molecule has 6 heteroatoms. The molecule has 1 aromatic carbocycles. The molecule has 0 aliphatic rings. The van der Waals surface area contributed by atoms with Crippen molar-refractivity contribution in [3.63, 3.8) is 0 Å². The van der Waals surface area contributed by atoms with Gasteiger partial charge in [-0.3, -0.25) is 0 Å². The third-order valence-corrected chi connectivity index (χ3v) is 2.96. The number of anilines is 1. The first-order chi connectivity index (χ1) is 9.28. The van der Waals surface area contributed by atoms with Crippen molar-refractivity contribution in [1.82, 2.24) is 5.32 Å². The van der Waals surface area contributed by atoms with Crippen LogP contribution in [0.2, 0.25) is 0 Å². The first kappa shape index (κ1) is 16.8. The minimum absolute atomic E-state index is 0.289. The van der Waals surface area contributed by atoms with Crippen molar-refractivity contribution in [1.29, 1.82) is 0 Å². The fraction of sp³-hybridized carbons (Fsp3) is 0.500. The highest BCUT2D eigenvalue weighted by molar-refractivity contribution is 9.10. The lowest BCUT2D eigenvalue weighted by Gasteiger charge is -2.19. The Morgan fingerprint density at radius 2 is 2.05 bits per heavy atom. The van der Waals surface area contributed by atoms with E-state index in [2.05, 4.69) is 26.6 Å². The monoisotopic (exact) mass is 346 g/mol. The Morgan fingerprint density at radius 3 is 2.70 bits per heavy atom. The van der Waals surface area contributed by atoms with E-state index in [1.165, 1.54) is 12.1 Å². The minimum Gasteiger partial charge on any atom is -0.444 e. The zero-order valence-corrected chi connectivity index (χ0v) is 13.5. The molecule has 0 aromatic heterocycles. The summed E-state index contributed by atoms with van der Waals surface area (Å²) in [5.74, 6) is -0.289. The van der Waals surface area contributed by atoms with Crippen molar-refractivity contribution >= 4 is 27.7 Å². The summed E-state index contributed by atoms with van der Waals surface area (Å²) in [6, 6.07) is 4.46. The molecule has 0 saturated heterocycles. The number of alkyl carbamates (subject to hydrolysis) is 1. The molecule has 0 bridgehead atoms. The van der Waals surface area contributed by atoms with Crippen LogP contribution in [-0.4, -0.2) is 24.8 Å². The molecule has 0 aliphatic heterocycles. The fourth-order valence-electron chi connectivity index (χ4n) is 1.45. The van der Waals surface area contributed by atoms with E-state index < -0.39 is 11.7 Å². The van der Waals surface area contributed by atoms with Crippen LogP contribution in [0.25, 0.3) is 0 Å². The van der Waals surface area contributed by atoms with E-state index in [1.54, 1.807) is 6.07 Å². The van der Waals surface area contributed by atoms with Crippen molar-refractivity contribution in [2.75, 3.05) is 18.4 Å². The quantitative estimate of drug-likeness (QED) is 0.794. The van der Waals surface area contributed by atoms with Gasteiger partial charge >= 0.3 is 6.09 Å². The number of benzene rings is 1. The molecule has 0 saturated carbocycles. The maximum atomic E-state index is 13.1. The van der Waals surface area contributed by atoms with E-state index in [1.807, 2.05) is 20.8 Å². The third kappa shape index (κ3) is 6.75. The van der Waals surface area contributed by atoms with Crippen LogP contribution in [0.1, 0.15) is 27.2 Å². The zero-order chi connectivity index (χ0) is 15.2. The SMILES string of the molecule is CC(C)(C)OC(=O)NCCCNc1cc(F)ccc1Br. The van der Waals surface area contributed by atoms with Crippen LogP contribution in [0.3, 0.4) is 0 Å². The number of carbonyl (C=O) groups is 1. The number of rotatable bonds is 5. The molecule has 0 unspecified atom stereocenters. The molecule has 1 aromatic rings. The lowest BCUT2D eigenvalue weighted by molar-refractivity contribution is 0.0528. The van der Waals surface area contributed by atoms with Crippen molar-refractivity contribution in [2.24, 2.45) is 0 Å².